The van der Waals surface area contributed by atoms with E-state index < -0.39 is 48.9 Å². The molecule has 1 aliphatic heterocycles. The van der Waals surface area contributed by atoms with E-state index in [1.54, 1.807) is 6.92 Å². The van der Waals surface area contributed by atoms with Gasteiger partial charge in [-0.25, -0.2) is 0 Å². The fourth-order valence-electron chi connectivity index (χ4n) is 4.04. The number of hydrogen-bond donors (Lipinski definition) is 4. The normalized spacial score (nSPS) is 26.5. The molecule has 1 fully saturated rings. The second kappa shape index (κ2) is 8.73. The third-order valence-corrected chi connectivity index (χ3v) is 5.90. The maximum absolute atomic E-state index is 13.3. The Balaban J connectivity index is 1.73. The zero-order valence-electron chi connectivity index (χ0n) is 18.1. The maximum Gasteiger partial charge on any atom is 0.229 e. The number of carbonyl (C=O) groups is 2. The van der Waals surface area contributed by atoms with Crippen molar-refractivity contribution in [3.8, 4) is 17.2 Å². The van der Waals surface area contributed by atoms with Gasteiger partial charge in [-0.2, -0.15) is 0 Å². The summed E-state index contributed by atoms with van der Waals surface area (Å²) in [5, 5.41) is 39.6. The SMILES string of the molecule is COc1cc(OC)c2c(c1)C(=O)c1cc(O[C@@H]3O[C@H](CO)[C@@H](O)[C@H](O)[C@H]3O)c(C)cc1C2=O. The van der Waals surface area contributed by atoms with Gasteiger partial charge in [-0.15, -0.1) is 0 Å². The summed E-state index contributed by atoms with van der Waals surface area (Å²) >= 11 is 0. The molecule has 0 unspecified atom stereocenters. The van der Waals surface area contributed by atoms with Crippen molar-refractivity contribution in [2.45, 2.75) is 37.6 Å². The van der Waals surface area contributed by atoms with Gasteiger partial charge in [-0.3, -0.25) is 9.59 Å². The smallest absolute Gasteiger partial charge is 0.229 e. The largest absolute Gasteiger partial charge is 0.497 e. The van der Waals surface area contributed by atoms with Gasteiger partial charge in [0.25, 0.3) is 0 Å². The van der Waals surface area contributed by atoms with E-state index in [4.69, 9.17) is 18.9 Å². The van der Waals surface area contributed by atoms with Gasteiger partial charge in [-0.05, 0) is 30.7 Å². The molecule has 0 spiro atoms. The van der Waals surface area contributed by atoms with E-state index in [1.807, 2.05) is 0 Å². The number of ether oxygens (including phenoxy) is 4. The second-order valence-electron chi connectivity index (χ2n) is 7.89. The van der Waals surface area contributed by atoms with Crippen LogP contribution in [0.2, 0.25) is 0 Å². The molecule has 0 bridgehead atoms. The van der Waals surface area contributed by atoms with Crippen molar-refractivity contribution in [3.05, 3.63) is 52.1 Å². The standard InChI is InChI=1S/C23H24O10/c1-9-4-11-12(7-14(9)32-23-22(29)21(28)20(27)16(8-24)33-23)18(25)13-5-10(30-2)6-15(31-3)17(13)19(11)26/h4-7,16,20-24,27-29H,8H2,1-3H3/t16-,20-,21+,22-,23-/m1/s1. The van der Waals surface area contributed by atoms with Gasteiger partial charge in [0.15, 0.2) is 11.6 Å². The molecule has 10 heteroatoms. The molecule has 1 saturated heterocycles. The maximum atomic E-state index is 13.3. The fraction of sp³-hybridized carbons (Fsp3) is 0.391. The molecule has 2 aromatic carbocycles. The summed E-state index contributed by atoms with van der Waals surface area (Å²) in [6.07, 6.45) is -7.35. The highest BCUT2D eigenvalue weighted by atomic mass is 16.7. The third-order valence-electron chi connectivity index (χ3n) is 5.90. The van der Waals surface area contributed by atoms with Crippen LogP contribution in [0.3, 0.4) is 0 Å². The van der Waals surface area contributed by atoms with Gasteiger partial charge in [-0.1, -0.05) is 0 Å². The van der Waals surface area contributed by atoms with E-state index in [1.165, 1.54) is 38.5 Å². The zero-order chi connectivity index (χ0) is 24.0. The molecule has 176 valence electrons. The van der Waals surface area contributed by atoms with Crippen molar-refractivity contribution in [2.24, 2.45) is 0 Å². The summed E-state index contributed by atoms with van der Waals surface area (Å²) in [6.45, 7) is 1.03. The molecule has 0 aromatic heterocycles. The van der Waals surface area contributed by atoms with E-state index in [0.717, 1.165) is 0 Å². The molecule has 10 nitrogen and oxygen atoms in total. The van der Waals surface area contributed by atoms with E-state index in [0.29, 0.717) is 11.3 Å². The Morgan fingerprint density at radius 1 is 0.848 bits per heavy atom. The summed E-state index contributed by atoms with van der Waals surface area (Å²) in [5.74, 6) is -0.165. The Hall–Kier alpha value is -3.02. The number of fused-ring (bicyclic) bond motifs is 2. The van der Waals surface area contributed by atoms with Crippen molar-refractivity contribution in [1.82, 2.24) is 0 Å². The molecule has 1 aliphatic carbocycles. The topological polar surface area (TPSA) is 152 Å². The lowest BCUT2D eigenvalue weighted by Crippen LogP contribution is -2.60. The first-order chi connectivity index (χ1) is 15.7. The number of hydrogen-bond acceptors (Lipinski definition) is 10. The number of aryl methyl sites for hydroxylation is 1. The molecule has 0 radical (unpaired) electrons. The third kappa shape index (κ3) is 3.75. The first-order valence-corrected chi connectivity index (χ1v) is 10.2. The van der Waals surface area contributed by atoms with Crippen LogP contribution in [0.5, 0.6) is 17.2 Å². The Morgan fingerprint density at radius 3 is 2.18 bits per heavy atom. The average Bonchev–Trinajstić information content (AvgIpc) is 2.82. The van der Waals surface area contributed by atoms with Crippen LogP contribution in [-0.4, -0.2) is 83.5 Å². The predicted molar refractivity (Wildman–Crippen MR) is 112 cm³/mol. The predicted octanol–water partition coefficient (Wildman–Crippen LogP) is -0.0337. The Labute approximate surface area is 188 Å². The molecule has 2 aromatic rings. The van der Waals surface area contributed by atoms with Crippen LogP contribution in [0.25, 0.3) is 0 Å². The minimum absolute atomic E-state index is 0.0768. The zero-order valence-corrected chi connectivity index (χ0v) is 18.1. The van der Waals surface area contributed by atoms with Crippen molar-refractivity contribution in [2.75, 3.05) is 20.8 Å². The van der Waals surface area contributed by atoms with Crippen molar-refractivity contribution < 1.29 is 49.0 Å². The van der Waals surface area contributed by atoms with Crippen LogP contribution >= 0.6 is 0 Å². The van der Waals surface area contributed by atoms with Gasteiger partial charge in [0, 0.05) is 22.8 Å². The van der Waals surface area contributed by atoms with Crippen LogP contribution in [0, 0.1) is 6.92 Å². The van der Waals surface area contributed by atoms with Crippen LogP contribution in [-0.2, 0) is 4.74 Å². The van der Waals surface area contributed by atoms with Gasteiger partial charge in [0.05, 0.1) is 26.4 Å². The highest BCUT2D eigenvalue weighted by Crippen LogP contribution is 2.39. The monoisotopic (exact) mass is 460 g/mol. The van der Waals surface area contributed by atoms with E-state index in [-0.39, 0.29) is 33.8 Å². The molecular formula is C23H24O10. The van der Waals surface area contributed by atoms with E-state index >= 15 is 0 Å². The van der Waals surface area contributed by atoms with Gasteiger partial charge in [0.2, 0.25) is 6.29 Å². The first kappa shape index (κ1) is 23.1. The van der Waals surface area contributed by atoms with E-state index in [2.05, 4.69) is 0 Å². The summed E-state index contributed by atoms with van der Waals surface area (Å²) < 4.78 is 21.6. The minimum atomic E-state index is -1.62. The molecule has 2 aliphatic rings. The number of benzene rings is 2. The summed E-state index contributed by atoms with van der Waals surface area (Å²) in [6, 6.07) is 5.83. The highest BCUT2D eigenvalue weighted by molar-refractivity contribution is 6.29. The van der Waals surface area contributed by atoms with Crippen LogP contribution in [0.4, 0.5) is 0 Å². The number of carbonyl (C=O) groups excluding carboxylic acids is 2. The quantitative estimate of drug-likeness (QED) is 0.408. The fourth-order valence-corrected chi connectivity index (χ4v) is 4.04. The highest BCUT2D eigenvalue weighted by Gasteiger charge is 2.45. The van der Waals surface area contributed by atoms with Crippen LogP contribution in [0.15, 0.2) is 24.3 Å². The van der Waals surface area contributed by atoms with Crippen molar-refractivity contribution >= 4 is 11.6 Å². The molecule has 0 saturated carbocycles. The Kier molecular flexibility index (Phi) is 6.12. The van der Waals surface area contributed by atoms with Crippen LogP contribution < -0.4 is 14.2 Å². The first-order valence-electron chi connectivity index (χ1n) is 10.2. The van der Waals surface area contributed by atoms with Crippen molar-refractivity contribution in [3.63, 3.8) is 0 Å². The Bertz CT molecular complexity index is 1110. The second-order valence-corrected chi connectivity index (χ2v) is 7.89. The molecule has 33 heavy (non-hydrogen) atoms. The lowest BCUT2D eigenvalue weighted by atomic mass is 9.82. The number of aliphatic hydroxyl groups excluding tert-OH is 4. The molecule has 4 N–H and O–H groups in total. The summed E-state index contributed by atoms with van der Waals surface area (Å²) in [7, 11) is 2.82. The summed E-state index contributed by atoms with van der Waals surface area (Å²) in [4.78, 5) is 26.5. The number of rotatable bonds is 5. The van der Waals surface area contributed by atoms with Crippen molar-refractivity contribution in [1.29, 1.82) is 0 Å². The van der Waals surface area contributed by atoms with Gasteiger partial charge < -0.3 is 39.4 Å². The number of aliphatic hydroxyl groups is 4. The lowest BCUT2D eigenvalue weighted by molar-refractivity contribution is -0.277. The molecule has 1 heterocycles. The van der Waals surface area contributed by atoms with Gasteiger partial charge >= 0.3 is 0 Å². The number of methoxy groups -OCH3 is 2. The lowest BCUT2D eigenvalue weighted by Gasteiger charge is -2.39. The average molecular weight is 460 g/mol. The molecule has 5 atom stereocenters. The molecule has 0 amide bonds. The van der Waals surface area contributed by atoms with Crippen LogP contribution in [0.1, 0.15) is 37.4 Å². The van der Waals surface area contributed by atoms with Gasteiger partial charge in [0.1, 0.15) is 41.7 Å². The number of ketones is 2. The summed E-state index contributed by atoms with van der Waals surface area (Å²) in [5.41, 5.74) is 0.953. The molecule has 4 rings (SSSR count). The molecular weight excluding hydrogens is 436 g/mol. The minimum Gasteiger partial charge on any atom is -0.497 e. The Morgan fingerprint density at radius 2 is 1.55 bits per heavy atom. The van der Waals surface area contributed by atoms with E-state index in [9.17, 15) is 30.0 Å².